The van der Waals surface area contributed by atoms with E-state index in [1.807, 2.05) is 0 Å². The van der Waals surface area contributed by atoms with Gasteiger partial charge in [-0.05, 0) is 25.0 Å². The van der Waals surface area contributed by atoms with E-state index in [0.29, 0.717) is 17.7 Å². The van der Waals surface area contributed by atoms with Gasteiger partial charge in [-0.25, -0.2) is 0 Å². The minimum atomic E-state index is -0.149. The first-order valence-corrected chi connectivity index (χ1v) is 10.0. The second-order valence-corrected chi connectivity index (χ2v) is 7.49. The number of unbranched alkanes of at least 4 members (excludes halogenated alkanes) is 7. The highest BCUT2D eigenvalue weighted by atomic mass is 32.2. The summed E-state index contributed by atoms with van der Waals surface area (Å²) >= 11 is 1.42. The van der Waals surface area contributed by atoms with E-state index in [1.165, 1.54) is 42.3 Å². The molecule has 6 heteroatoms. The lowest BCUT2D eigenvalue weighted by molar-refractivity contribution is 0.0651. The highest BCUT2D eigenvalue weighted by Gasteiger charge is 2.34. The summed E-state index contributed by atoms with van der Waals surface area (Å²) in [4.78, 5) is 25.8. The molecule has 0 spiro atoms. The van der Waals surface area contributed by atoms with Crippen LogP contribution in [0.25, 0.3) is 0 Å². The molecule has 2 rings (SSSR count). The van der Waals surface area contributed by atoms with Crippen molar-refractivity contribution in [2.75, 3.05) is 12.3 Å². The second-order valence-electron chi connectivity index (χ2n) is 6.35. The predicted octanol–water partition coefficient (Wildman–Crippen LogP) is 4.03. The number of nitrogens with zero attached hydrogens (tertiary/aromatic N) is 1. The predicted molar refractivity (Wildman–Crippen MR) is 103 cm³/mol. The van der Waals surface area contributed by atoms with E-state index in [2.05, 4.69) is 0 Å². The zero-order chi connectivity index (χ0) is 18.1. The first-order chi connectivity index (χ1) is 12.1. The average molecular weight is 362 g/mol. The number of imide groups is 1. The van der Waals surface area contributed by atoms with Crippen molar-refractivity contribution in [3.63, 3.8) is 0 Å². The first-order valence-electron chi connectivity index (χ1n) is 9.03. The number of fused-ring (bicyclic) bond motifs is 1. The number of rotatable bonds is 11. The lowest BCUT2D eigenvalue weighted by Gasteiger charge is -2.13. The molecule has 1 heterocycles. The van der Waals surface area contributed by atoms with Crippen molar-refractivity contribution in [2.45, 2.75) is 51.4 Å². The third-order valence-electron chi connectivity index (χ3n) is 4.41. The number of nitrogens with two attached hydrogens (primary N) is 1. The fourth-order valence-corrected chi connectivity index (χ4v) is 3.63. The molecular weight excluding hydrogens is 334 g/mol. The standard InChI is InChI=1S/C19H27N3O2S/c20-19(21)25-14-10-6-4-2-1-3-5-9-13-22-17(23)15-11-7-8-12-16(15)18(22)24/h7-8,11-12H,1-6,9-10,13-14H2,(H3,20,21). The van der Waals surface area contributed by atoms with Gasteiger partial charge in [-0.1, -0.05) is 62.4 Å². The molecule has 0 bridgehead atoms. The molecular formula is C19H27N3O2S. The minimum absolute atomic E-state index is 0.149. The molecule has 1 aliphatic heterocycles. The summed E-state index contributed by atoms with van der Waals surface area (Å²) in [6.45, 7) is 0.522. The third-order valence-corrected chi connectivity index (χ3v) is 5.22. The number of amides is 2. The number of carbonyl (C=O) groups excluding carboxylic acids is 2. The van der Waals surface area contributed by atoms with Crippen molar-refractivity contribution < 1.29 is 9.59 Å². The highest BCUT2D eigenvalue weighted by molar-refractivity contribution is 8.13. The maximum absolute atomic E-state index is 12.2. The van der Waals surface area contributed by atoms with Gasteiger partial charge in [0.25, 0.3) is 11.8 Å². The Morgan fingerprint density at radius 1 is 0.880 bits per heavy atom. The summed E-state index contributed by atoms with van der Waals surface area (Å²) < 4.78 is 0. The maximum Gasteiger partial charge on any atom is 0.261 e. The summed E-state index contributed by atoms with van der Waals surface area (Å²) in [5.41, 5.74) is 6.36. The molecule has 0 saturated heterocycles. The van der Waals surface area contributed by atoms with Crippen molar-refractivity contribution in [3.8, 4) is 0 Å². The molecule has 1 aromatic carbocycles. The van der Waals surface area contributed by atoms with Crippen molar-refractivity contribution in [1.82, 2.24) is 4.90 Å². The maximum atomic E-state index is 12.2. The van der Waals surface area contributed by atoms with Crippen LogP contribution >= 0.6 is 11.8 Å². The number of hydrogen-bond donors (Lipinski definition) is 2. The van der Waals surface area contributed by atoms with Gasteiger partial charge < -0.3 is 5.73 Å². The Labute approximate surface area is 153 Å². The molecule has 0 saturated carbocycles. The molecule has 0 atom stereocenters. The zero-order valence-corrected chi connectivity index (χ0v) is 15.4. The van der Waals surface area contributed by atoms with Crippen LogP contribution in [0.3, 0.4) is 0 Å². The summed E-state index contributed by atoms with van der Waals surface area (Å²) in [7, 11) is 0. The smallest absolute Gasteiger partial charge is 0.261 e. The van der Waals surface area contributed by atoms with Crippen LogP contribution in [-0.4, -0.2) is 34.2 Å². The highest BCUT2D eigenvalue weighted by Crippen LogP contribution is 2.23. The van der Waals surface area contributed by atoms with Gasteiger partial charge in [0.2, 0.25) is 0 Å². The normalized spacial score (nSPS) is 13.4. The van der Waals surface area contributed by atoms with Gasteiger partial charge >= 0.3 is 0 Å². The van der Waals surface area contributed by atoms with E-state index in [1.54, 1.807) is 24.3 Å². The van der Waals surface area contributed by atoms with Crippen molar-refractivity contribution in [2.24, 2.45) is 5.73 Å². The van der Waals surface area contributed by atoms with Gasteiger partial charge in [0, 0.05) is 12.3 Å². The fraction of sp³-hybridized carbons (Fsp3) is 0.526. The monoisotopic (exact) mass is 361 g/mol. The third kappa shape index (κ3) is 5.88. The molecule has 0 aromatic heterocycles. The van der Waals surface area contributed by atoms with Gasteiger partial charge in [-0.15, -0.1) is 0 Å². The molecule has 2 amide bonds. The van der Waals surface area contributed by atoms with E-state index >= 15 is 0 Å². The van der Waals surface area contributed by atoms with Gasteiger partial charge in [0.05, 0.1) is 11.1 Å². The van der Waals surface area contributed by atoms with Gasteiger partial charge in [0.15, 0.2) is 5.17 Å². The Morgan fingerprint density at radius 2 is 1.36 bits per heavy atom. The Balaban J connectivity index is 1.51. The molecule has 25 heavy (non-hydrogen) atoms. The van der Waals surface area contributed by atoms with Crippen molar-refractivity contribution in [1.29, 1.82) is 5.41 Å². The fourth-order valence-electron chi connectivity index (χ4n) is 3.06. The topological polar surface area (TPSA) is 87.2 Å². The van der Waals surface area contributed by atoms with E-state index in [4.69, 9.17) is 11.1 Å². The van der Waals surface area contributed by atoms with Crippen LogP contribution in [0, 0.1) is 5.41 Å². The minimum Gasteiger partial charge on any atom is -0.379 e. The van der Waals surface area contributed by atoms with Crippen LogP contribution in [0.2, 0.25) is 0 Å². The van der Waals surface area contributed by atoms with Gasteiger partial charge in [-0.2, -0.15) is 0 Å². The summed E-state index contributed by atoms with van der Waals surface area (Å²) in [5.74, 6) is 0.642. The molecule has 1 aliphatic rings. The van der Waals surface area contributed by atoms with Gasteiger partial charge in [-0.3, -0.25) is 19.9 Å². The van der Waals surface area contributed by atoms with Crippen LogP contribution in [-0.2, 0) is 0 Å². The summed E-state index contributed by atoms with van der Waals surface area (Å²) in [6.07, 6.45) is 9.01. The Bertz CT molecular complexity index is 583. The number of benzene rings is 1. The zero-order valence-electron chi connectivity index (χ0n) is 14.6. The van der Waals surface area contributed by atoms with Crippen LogP contribution < -0.4 is 5.73 Å². The number of hydrogen-bond acceptors (Lipinski definition) is 4. The number of nitrogens with one attached hydrogen (secondary N) is 1. The molecule has 0 fully saturated rings. The molecule has 0 radical (unpaired) electrons. The Morgan fingerprint density at radius 3 is 1.88 bits per heavy atom. The average Bonchev–Trinajstić information content (AvgIpc) is 2.84. The Hall–Kier alpha value is -1.82. The van der Waals surface area contributed by atoms with E-state index < -0.39 is 0 Å². The number of carbonyl (C=O) groups is 2. The van der Waals surface area contributed by atoms with Crippen LogP contribution in [0.5, 0.6) is 0 Å². The Kier molecular flexibility index (Phi) is 7.98. The molecule has 136 valence electrons. The number of thioether (sulfide) groups is 1. The van der Waals surface area contributed by atoms with E-state index in [0.717, 1.165) is 31.4 Å². The quantitative estimate of drug-likeness (QED) is 0.270. The van der Waals surface area contributed by atoms with Crippen LogP contribution in [0.15, 0.2) is 24.3 Å². The molecule has 0 unspecified atom stereocenters. The van der Waals surface area contributed by atoms with Crippen molar-refractivity contribution >= 4 is 28.7 Å². The molecule has 1 aromatic rings. The lowest BCUT2D eigenvalue weighted by Crippen LogP contribution is -2.30. The van der Waals surface area contributed by atoms with Crippen molar-refractivity contribution in [3.05, 3.63) is 35.4 Å². The lowest BCUT2D eigenvalue weighted by atomic mass is 10.1. The largest absolute Gasteiger partial charge is 0.379 e. The molecule has 5 nitrogen and oxygen atoms in total. The summed E-state index contributed by atoms with van der Waals surface area (Å²) in [6, 6.07) is 7.05. The SMILES string of the molecule is N=C(N)SCCCCCCCCCCN1C(=O)c2ccccc2C1=O. The first kappa shape index (κ1) is 19.5. The molecule has 3 N–H and O–H groups in total. The van der Waals surface area contributed by atoms with Gasteiger partial charge in [0.1, 0.15) is 0 Å². The summed E-state index contributed by atoms with van der Waals surface area (Å²) in [5, 5.41) is 7.33. The molecule has 0 aliphatic carbocycles. The van der Waals surface area contributed by atoms with Crippen LogP contribution in [0.4, 0.5) is 0 Å². The van der Waals surface area contributed by atoms with Crippen LogP contribution in [0.1, 0.15) is 72.1 Å². The second kappa shape index (κ2) is 10.2. The number of amidine groups is 1. The van der Waals surface area contributed by atoms with E-state index in [-0.39, 0.29) is 17.0 Å². The van der Waals surface area contributed by atoms with E-state index in [9.17, 15) is 9.59 Å².